The summed E-state index contributed by atoms with van der Waals surface area (Å²) < 4.78 is 47.5. The summed E-state index contributed by atoms with van der Waals surface area (Å²) in [5.74, 6) is -0.598. The van der Waals surface area contributed by atoms with Gasteiger partial charge in [-0.3, -0.25) is 4.90 Å². The van der Waals surface area contributed by atoms with Crippen molar-refractivity contribution in [3.8, 4) is 0 Å². The molecule has 1 N–H and O–H groups in total. The Kier molecular flexibility index (Phi) is 6.91. The van der Waals surface area contributed by atoms with Gasteiger partial charge in [-0.05, 0) is 79.1 Å². The molecule has 0 saturated carbocycles. The van der Waals surface area contributed by atoms with Gasteiger partial charge >= 0.3 is 0 Å². The van der Waals surface area contributed by atoms with Crippen molar-refractivity contribution in [2.24, 2.45) is 0 Å². The molecule has 0 amide bonds. The van der Waals surface area contributed by atoms with E-state index < -0.39 is 17.2 Å². The van der Waals surface area contributed by atoms with Crippen molar-refractivity contribution in [1.29, 1.82) is 0 Å². The molecule has 1 aromatic heterocycles. The maximum atomic E-state index is 14.1. The van der Waals surface area contributed by atoms with Crippen molar-refractivity contribution in [2.75, 3.05) is 0 Å². The van der Waals surface area contributed by atoms with Crippen LogP contribution in [0.2, 0.25) is 0 Å². The lowest BCUT2D eigenvalue weighted by atomic mass is 9.84. The number of nitrogens with zero attached hydrogens (tertiary/aromatic N) is 1. The molecule has 0 bridgehead atoms. The predicted octanol–water partition coefficient (Wildman–Crippen LogP) is 6.39. The van der Waals surface area contributed by atoms with Crippen LogP contribution >= 0.6 is 0 Å². The highest BCUT2D eigenvalue weighted by molar-refractivity contribution is 5.44. The van der Waals surface area contributed by atoms with Gasteiger partial charge in [-0.25, -0.2) is 13.2 Å². The number of hydrogen-bond donors (Lipinski definition) is 1. The SMILES string of the molecule is CC(C)N(Cc1ccc(F)cc1)Cc1ccc(C(O)(c2cccc(F)c2)c2cccc(F)c2)o1. The summed E-state index contributed by atoms with van der Waals surface area (Å²) >= 11 is 0. The summed E-state index contributed by atoms with van der Waals surface area (Å²) in [7, 11) is 0. The first kappa shape index (κ1) is 23.8. The fraction of sp³-hybridized carbons (Fsp3) is 0.214. The van der Waals surface area contributed by atoms with E-state index in [0.29, 0.717) is 18.8 Å². The van der Waals surface area contributed by atoms with Gasteiger partial charge in [-0.15, -0.1) is 0 Å². The van der Waals surface area contributed by atoms with Crippen LogP contribution in [-0.4, -0.2) is 16.0 Å². The second-order valence-electron chi connectivity index (χ2n) is 8.62. The minimum atomic E-state index is -1.89. The standard InChI is InChI=1S/C28H26F3NO2/c1-19(2)32(17-20-9-11-23(29)12-10-20)18-26-13-14-27(34-26)28(33,21-5-3-7-24(30)15-21)22-6-4-8-25(31)16-22/h3-16,19,33H,17-18H2,1-2H3. The minimum Gasteiger partial charge on any atom is -0.461 e. The molecule has 0 aliphatic heterocycles. The van der Waals surface area contributed by atoms with Crippen LogP contribution in [0.1, 0.15) is 42.1 Å². The maximum Gasteiger partial charge on any atom is 0.173 e. The molecule has 0 fully saturated rings. The summed E-state index contributed by atoms with van der Waals surface area (Å²) in [5.41, 5.74) is -0.475. The topological polar surface area (TPSA) is 36.6 Å². The van der Waals surface area contributed by atoms with E-state index in [1.165, 1.54) is 48.5 Å². The van der Waals surface area contributed by atoms with Crippen LogP contribution in [0.15, 0.2) is 89.3 Å². The van der Waals surface area contributed by atoms with Gasteiger partial charge in [-0.1, -0.05) is 36.4 Å². The molecule has 0 saturated heterocycles. The molecule has 0 unspecified atom stereocenters. The Morgan fingerprint density at radius 1 is 0.765 bits per heavy atom. The van der Waals surface area contributed by atoms with Gasteiger partial charge < -0.3 is 9.52 Å². The highest BCUT2D eigenvalue weighted by Gasteiger charge is 2.38. The first-order chi connectivity index (χ1) is 16.3. The lowest BCUT2D eigenvalue weighted by Crippen LogP contribution is -2.30. The summed E-state index contributed by atoms with van der Waals surface area (Å²) in [6.45, 7) is 5.09. The van der Waals surface area contributed by atoms with E-state index in [4.69, 9.17) is 4.42 Å². The molecule has 176 valence electrons. The van der Waals surface area contributed by atoms with Gasteiger partial charge in [0.15, 0.2) is 5.60 Å². The molecule has 6 heteroatoms. The summed E-state index contributed by atoms with van der Waals surface area (Å²) in [5, 5.41) is 11.8. The van der Waals surface area contributed by atoms with E-state index in [-0.39, 0.29) is 28.7 Å². The number of rotatable bonds is 8. The number of benzene rings is 3. The van der Waals surface area contributed by atoms with E-state index in [1.54, 1.807) is 36.4 Å². The third kappa shape index (κ3) is 5.08. The second kappa shape index (κ2) is 9.87. The molecule has 0 aliphatic rings. The highest BCUT2D eigenvalue weighted by Crippen LogP contribution is 2.38. The number of aliphatic hydroxyl groups is 1. The van der Waals surface area contributed by atoms with Crippen molar-refractivity contribution in [3.05, 3.63) is 131 Å². The van der Waals surface area contributed by atoms with Gasteiger partial charge in [0.25, 0.3) is 0 Å². The molecule has 4 aromatic rings. The Morgan fingerprint density at radius 3 is 1.88 bits per heavy atom. The number of furan rings is 1. The molecule has 0 atom stereocenters. The lowest BCUT2D eigenvalue weighted by molar-refractivity contribution is 0.0934. The first-order valence-electron chi connectivity index (χ1n) is 11.1. The van der Waals surface area contributed by atoms with Crippen LogP contribution in [0, 0.1) is 17.5 Å². The lowest BCUT2D eigenvalue weighted by Gasteiger charge is -2.28. The zero-order chi connectivity index (χ0) is 24.3. The fourth-order valence-corrected chi connectivity index (χ4v) is 3.98. The zero-order valence-electron chi connectivity index (χ0n) is 19.0. The average Bonchev–Trinajstić information content (AvgIpc) is 3.28. The molecule has 1 heterocycles. The van der Waals surface area contributed by atoms with Gasteiger partial charge in [0.1, 0.15) is 29.0 Å². The van der Waals surface area contributed by atoms with Gasteiger partial charge in [-0.2, -0.15) is 0 Å². The quantitative estimate of drug-likeness (QED) is 0.328. The second-order valence-corrected chi connectivity index (χ2v) is 8.62. The normalized spacial score (nSPS) is 12.0. The van der Waals surface area contributed by atoms with E-state index in [1.807, 2.05) is 13.8 Å². The molecule has 0 radical (unpaired) electrons. The van der Waals surface area contributed by atoms with Crippen molar-refractivity contribution < 1.29 is 22.7 Å². The summed E-state index contributed by atoms with van der Waals surface area (Å²) in [6.07, 6.45) is 0. The number of hydrogen-bond acceptors (Lipinski definition) is 3. The summed E-state index contributed by atoms with van der Waals surface area (Å²) in [6, 6.07) is 21.0. The van der Waals surface area contributed by atoms with Crippen molar-refractivity contribution in [3.63, 3.8) is 0 Å². The van der Waals surface area contributed by atoms with E-state index in [2.05, 4.69) is 4.90 Å². The van der Waals surface area contributed by atoms with Gasteiger partial charge in [0.2, 0.25) is 0 Å². The van der Waals surface area contributed by atoms with E-state index in [0.717, 1.165) is 5.56 Å². The van der Waals surface area contributed by atoms with Gasteiger partial charge in [0.05, 0.1) is 6.54 Å². The van der Waals surface area contributed by atoms with Gasteiger partial charge in [0, 0.05) is 12.6 Å². The van der Waals surface area contributed by atoms with Crippen LogP contribution < -0.4 is 0 Å². The average molecular weight is 466 g/mol. The third-order valence-corrected chi connectivity index (χ3v) is 5.89. The third-order valence-electron chi connectivity index (χ3n) is 5.89. The molecule has 3 nitrogen and oxygen atoms in total. The minimum absolute atomic E-state index is 0.156. The van der Waals surface area contributed by atoms with Crippen LogP contribution in [-0.2, 0) is 18.7 Å². The Morgan fingerprint density at radius 2 is 1.35 bits per heavy atom. The largest absolute Gasteiger partial charge is 0.461 e. The Labute approximate surface area is 197 Å². The molecule has 3 aromatic carbocycles. The highest BCUT2D eigenvalue weighted by atomic mass is 19.1. The van der Waals surface area contributed by atoms with Crippen LogP contribution in [0.4, 0.5) is 13.2 Å². The smallest absolute Gasteiger partial charge is 0.173 e. The molecular weight excluding hydrogens is 439 g/mol. The first-order valence-corrected chi connectivity index (χ1v) is 11.1. The molecular formula is C28H26F3NO2. The predicted molar refractivity (Wildman–Crippen MR) is 124 cm³/mol. The van der Waals surface area contributed by atoms with Crippen molar-refractivity contribution >= 4 is 0 Å². The van der Waals surface area contributed by atoms with Crippen LogP contribution in [0.25, 0.3) is 0 Å². The van der Waals surface area contributed by atoms with E-state index in [9.17, 15) is 18.3 Å². The molecule has 34 heavy (non-hydrogen) atoms. The fourth-order valence-electron chi connectivity index (χ4n) is 3.98. The maximum absolute atomic E-state index is 14.1. The zero-order valence-corrected chi connectivity index (χ0v) is 19.0. The van der Waals surface area contributed by atoms with Crippen molar-refractivity contribution in [1.82, 2.24) is 4.90 Å². The number of halogens is 3. The Balaban J connectivity index is 1.68. The monoisotopic (exact) mass is 465 g/mol. The van der Waals surface area contributed by atoms with Crippen molar-refractivity contribution in [2.45, 2.75) is 38.6 Å². The Hall–Kier alpha value is -3.35. The van der Waals surface area contributed by atoms with Crippen LogP contribution in [0.3, 0.4) is 0 Å². The molecule has 4 rings (SSSR count). The van der Waals surface area contributed by atoms with E-state index >= 15 is 0 Å². The molecule has 0 aliphatic carbocycles. The summed E-state index contributed by atoms with van der Waals surface area (Å²) in [4.78, 5) is 2.14. The van der Waals surface area contributed by atoms with Crippen LogP contribution in [0.5, 0.6) is 0 Å². The Bertz CT molecular complexity index is 1210. The molecule has 0 spiro atoms.